The van der Waals surface area contributed by atoms with Gasteiger partial charge in [-0.1, -0.05) is 36.4 Å². The molecule has 0 radical (unpaired) electrons. The number of anilines is 1. The van der Waals surface area contributed by atoms with Gasteiger partial charge in [0.15, 0.2) is 0 Å². The summed E-state index contributed by atoms with van der Waals surface area (Å²) in [6.45, 7) is 0.618. The molecule has 0 amide bonds. The molecule has 0 aromatic heterocycles. The summed E-state index contributed by atoms with van der Waals surface area (Å²) in [5, 5.41) is 10.6. The smallest absolute Gasteiger partial charge is 0.133 e. The molecule has 0 atom stereocenters. The van der Waals surface area contributed by atoms with E-state index in [0.29, 0.717) is 17.9 Å². The van der Waals surface area contributed by atoms with Gasteiger partial charge < -0.3 is 4.90 Å². The summed E-state index contributed by atoms with van der Waals surface area (Å²) >= 11 is 0. The molecule has 1 heterocycles. The Morgan fingerprint density at radius 1 is 0.905 bits per heavy atom. The number of hydrogen-bond donors (Lipinski definition) is 1. The molecule has 2 nitrogen and oxygen atoms in total. The van der Waals surface area contributed by atoms with Crippen LogP contribution in [-0.4, -0.2) is 5.84 Å². The summed E-state index contributed by atoms with van der Waals surface area (Å²) in [4.78, 5) is 1.91. The van der Waals surface area contributed by atoms with Crippen LogP contribution in [0.15, 0.2) is 60.7 Å². The monoisotopic (exact) mass is 276 g/mol. The molecule has 1 aliphatic heterocycles. The molecule has 0 bridgehead atoms. The van der Waals surface area contributed by atoms with Crippen LogP contribution in [0, 0.1) is 11.2 Å². The maximum atomic E-state index is 13.4. The van der Waals surface area contributed by atoms with Crippen molar-refractivity contribution in [2.24, 2.45) is 0 Å². The summed E-state index contributed by atoms with van der Waals surface area (Å²) in [6.07, 6.45) is 0. The van der Waals surface area contributed by atoms with Gasteiger partial charge in [-0.2, -0.15) is 0 Å². The maximum Gasteiger partial charge on any atom is 0.133 e. The van der Waals surface area contributed by atoms with Crippen molar-refractivity contribution < 1.29 is 4.39 Å². The van der Waals surface area contributed by atoms with Crippen LogP contribution < -0.4 is 4.90 Å². The van der Waals surface area contributed by atoms with Gasteiger partial charge in [-0.15, -0.1) is 0 Å². The Morgan fingerprint density at radius 2 is 1.71 bits per heavy atom. The van der Waals surface area contributed by atoms with Gasteiger partial charge in [0.25, 0.3) is 0 Å². The number of benzene rings is 3. The Balaban J connectivity index is 1.78. The van der Waals surface area contributed by atoms with Crippen molar-refractivity contribution in [1.82, 2.24) is 0 Å². The third kappa shape index (κ3) is 1.89. The van der Waals surface area contributed by atoms with Crippen LogP contribution >= 0.6 is 0 Å². The number of rotatable bonds is 1. The zero-order valence-corrected chi connectivity index (χ0v) is 11.3. The van der Waals surface area contributed by atoms with E-state index in [1.807, 2.05) is 23.1 Å². The molecule has 21 heavy (non-hydrogen) atoms. The number of amidine groups is 1. The van der Waals surface area contributed by atoms with Crippen molar-refractivity contribution in [2.75, 3.05) is 4.90 Å². The summed E-state index contributed by atoms with van der Waals surface area (Å²) in [5.74, 6) is 0.0682. The van der Waals surface area contributed by atoms with Crippen LogP contribution in [-0.2, 0) is 6.54 Å². The van der Waals surface area contributed by atoms with E-state index in [1.54, 1.807) is 6.07 Å². The van der Waals surface area contributed by atoms with Gasteiger partial charge in [-0.25, -0.2) is 4.39 Å². The molecule has 1 aliphatic rings. The lowest BCUT2D eigenvalue weighted by Crippen LogP contribution is -2.22. The fourth-order valence-electron chi connectivity index (χ4n) is 2.87. The summed E-state index contributed by atoms with van der Waals surface area (Å²) in [5.41, 5.74) is 2.65. The van der Waals surface area contributed by atoms with Gasteiger partial charge in [-0.05, 0) is 40.6 Å². The van der Waals surface area contributed by atoms with Gasteiger partial charge in [0.05, 0.1) is 6.54 Å². The van der Waals surface area contributed by atoms with E-state index < -0.39 is 0 Å². The van der Waals surface area contributed by atoms with E-state index in [1.165, 1.54) is 17.5 Å². The lowest BCUT2D eigenvalue weighted by Gasteiger charge is -2.18. The second kappa shape index (κ2) is 4.42. The predicted octanol–water partition coefficient (Wildman–Crippen LogP) is 4.32. The van der Waals surface area contributed by atoms with E-state index in [2.05, 4.69) is 24.3 Å². The molecule has 0 saturated carbocycles. The predicted molar refractivity (Wildman–Crippen MR) is 83.4 cm³/mol. The number of hydrogen-bond acceptors (Lipinski definition) is 1. The Morgan fingerprint density at radius 3 is 2.57 bits per heavy atom. The molecule has 1 N–H and O–H groups in total. The van der Waals surface area contributed by atoms with Crippen molar-refractivity contribution in [1.29, 1.82) is 5.41 Å². The van der Waals surface area contributed by atoms with Gasteiger partial charge in [-0.3, -0.25) is 5.41 Å². The maximum absolute atomic E-state index is 13.4. The average Bonchev–Trinajstić information content (AvgIpc) is 2.84. The molecule has 0 fully saturated rings. The molecule has 3 heteroatoms. The van der Waals surface area contributed by atoms with Crippen LogP contribution in [0.1, 0.15) is 11.1 Å². The number of nitrogens with zero attached hydrogens (tertiary/aromatic N) is 1. The van der Waals surface area contributed by atoms with Gasteiger partial charge in [0, 0.05) is 11.3 Å². The summed E-state index contributed by atoms with van der Waals surface area (Å²) < 4.78 is 13.4. The Labute approximate surface area is 122 Å². The molecule has 0 aliphatic carbocycles. The molecule has 0 unspecified atom stereocenters. The first-order valence-corrected chi connectivity index (χ1v) is 6.86. The first-order chi connectivity index (χ1) is 10.2. The van der Waals surface area contributed by atoms with Gasteiger partial charge in [0.2, 0.25) is 0 Å². The van der Waals surface area contributed by atoms with Crippen LogP contribution in [0.3, 0.4) is 0 Å². The topological polar surface area (TPSA) is 27.1 Å². The highest BCUT2D eigenvalue weighted by Crippen LogP contribution is 2.30. The van der Waals surface area contributed by atoms with E-state index in [4.69, 9.17) is 5.41 Å². The highest BCUT2D eigenvalue weighted by molar-refractivity contribution is 6.12. The molecule has 102 valence electrons. The third-order valence-corrected chi connectivity index (χ3v) is 3.97. The van der Waals surface area contributed by atoms with Crippen molar-refractivity contribution in [2.45, 2.75) is 6.54 Å². The third-order valence-electron chi connectivity index (χ3n) is 3.97. The van der Waals surface area contributed by atoms with Crippen molar-refractivity contribution in [3.63, 3.8) is 0 Å². The largest absolute Gasteiger partial charge is 0.322 e. The number of fused-ring (bicyclic) bond motifs is 2. The average molecular weight is 276 g/mol. The molecule has 0 spiro atoms. The molecule has 4 rings (SSSR count). The van der Waals surface area contributed by atoms with Gasteiger partial charge >= 0.3 is 0 Å². The quantitative estimate of drug-likeness (QED) is 0.704. The minimum atomic E-state index is -0.293. The fourth-order valence-corrected chi connectivity index (χ4v) is 2.87. The lowest BCUT2D eigenvalue weighted by atomic mass is 10.1. The molecular weight excluding hydrogens is 263 g/mol. The molecule has 3 aromatic rings. The summed E-state index contributed by atoms with van der Waals surface area (Å²) in [7, 11) is 0. The molecular formula is C18H13FN2. The first kappa shape index (κ1) is 12.1. The van der Waals surface area contributed by atoms with Crippen LogP contribution in [0.2, 0.25) is 0 Å². The van der Waals surface area contributed by atoms with E-state index in [9.17, 15) is 4.39 Å². The molecule has 0 saturated heterocycles. The Hall–Kier alpha value is -2.68. The molecule has 3 aromatic carbocycles. The van der Waals surface area contributed by atoms with Crippen molar-refractivity contribution in [3.05, 3.63) is 77.6 Å². The first-order valence-electron chi connectivity index (χ1n) is 6.86. The second-order valence-electron chi connectivity index (χ2n) is 5.27. The van der Waals surface area contributed by atoms with Crippen LogP contribution in [0.5, 0.6) is 0 Å². The van der Waals surface area contributed by atoms with E-state index in [0.717, 1.165) is 16.6 Å². The number of nitrogens with one attached hydrogen (secondary N) is 1. The minimum absolute atomic E-state index is 0.293. The standard InChI is InChI=1S/C18H13FN2/c19-15-7-5-14-11-21(18(20)17(14)10-15)16-8-6-12-3-1-2-4-13(12)9-16/h1-10,20H,11H2. The lowest BCUT2D eigenvalue weighted by molar-refractivity contribution is 0.627. The van der Waals surface area contributed by atoms with Crippen LogP contribution in [0.4, 0.5) is 10.1 Å². The number of halogens is 1. The Bertz CT molecular complexity index is 870. The highest BCUT2D eigenvalue weighted by Gasteiger charge is 2.25. The highest BCUT2D eigenvalue weighted by atomic mass is 19.1. The van der Waals surface area contributed by atoms with E-state index >= 15 is 0 Å². The normalized spacial score (nSPS) is 13.8. The van der Waals surface area contributed by atoms with Crippen molar-refractivity contribution in [3.8, 4) is 0 Å². The minimum Gasteiger partial charge on any atom is -0.322 e. The van der Waals surface area contributed by atoms with E-state index in [-0.39, 0.29) is 5.82 Å². The zero-order chi connectivity index (χ0) is 14.4. The van der Waals surface area contributed by atoms with Crippen LogP contribution in [0.25, 0.3) is 10.8 Å². The zero-order valence-electron chi connectivity index (χ0n) is 11.3. The SMILES string of the molecule is N=C1c2cc(F)ccc2CN1c1ccc2ccccc2c1. The van der Waals surface area contributed by atoms with Gasteiger partial charge in [0.1, 0.15) is 11.7 Å². The Kier molecular flexibility index (Phi) is 2.54. The van der Waals surface area contributed by atoms with Crippen molar-refractivity contribution >= 4 is 22.3 Å². The second-order valence-corrected chi connectivity index (χ2v) is 5.27. The fraction of sp³-hybridized carbons (Fsp3) is 0.0556. The summed E-state index contributed by atoms with van der Waals surface area (Å²) in [6, 6.07) is 19.0.